The van der Waals surface area contributed by atoms with E-state index in [1.807, 2.05) is 30.3 Å². The van der Waals surface area contributed by atoms with Crippen molar-refractivity contribution in [3.63, 3.8) is 0 Å². The fourth-order valence-corrected chi connectivity index (χ4v) is 2.36. The SMILES string of the molecule is O=C(Nc1cccc(Nc2ccccc2)c1C(=O)O)c1cccnc1. The van der Waals surface area contributed by atoms with E-state index in [0.29, 0.717) is 11.3 Å². The quantitative estimate of drug-likeness (QED) is 0.661. The van der Waals surface area contributed by atoms with Gasteiger partial charge in [-0.25, -0.2) is 4.79 Å². The summed E-state index contributed by atoms with van der Waals surface area (Å²) in [6.07, 6.45) is 2.98. The monoisotopic (exact) mass is 333 g/mol. The van der Waals surface area contributed by atoms with Crippen LogP contribution in [0.25, 0.3) is 0 Å². The lowest BCUT2D eigenvalue weighted by Crippen LogP contribution is -2.16. The van der Waals surface area contributed by atoms with Crippen molar-refractivity contribution in [2.75, 3.05) is 10.6 Å². The summed E-state index contributed by atoms with van der Waals surface area (Å²) in [5.74, 6) is -1.56. The molecule has 0 aliphatic rings. The van der Waals surface area contributed by atoms with Crippen molar-refractivity contribution in [3.05, 3.63) is 84.2 Å². The Morgan fingerprint density at radius 1 is 0.880 bits per heavy atom. The normalized spacial score (nSPS) is 10.1. The Morgan fingerprint density at radius 3 is 2.32 bits per heavy atom. The number of aromatic carboxylic acids is 1. The van der Waals surface area contributed by atoms with E-state index in [2.05, 4.69) is 15.6 Å². The molecule has 1 aromatic heterocycles. The Bertz CT molecular complexity index is 896. The van der Waals surface area contributed by atoms with Crippen molar-refractivity contribution in [1.29, 1.82) is 0 Å². The number of carboxylic acid groups (broad SMARTS) is 1. The van der Waals surface area contributed by atoms with Crippen LogP contribution < -0.4 is 10.6 Å². The van der Waals surface area contributed by atoms with E-state index < -0.39 is 11.9 Å². The topological polar surface area (TPSA) is 91.3 Å². The van der Waals surface area contributed by atoms with Gasteiger partial charge in [0, 0.05) is 18.1 Å². The van der Waals surface area contributed by atoms with E-state index in [1.54, 1.807) is 36.5 Å². The number of anilines is 3. The number of carbonyl (C=O) groups excluding carboxylic acids is 1. The van der Waals surface area contributed by atoms with Crippen molar-refractivity contribution in [2.45, 2.75) is 0 Å². The molecule has 1 heterocycles. The summed E-state index contributed by atoms with van der Waals surface area (Å²) >= 11 is 0. The van der Waals surface area contributed by atoms with Gasteiger partial charge in [0.25, 0.3) is 5.91 Å². The fourth-order valence-electron chi connectivity index (χ4n) is 2.36. The molecule has 3 N–H and O–H groups in total. The minimum atomic E-state index is -1.14. The van der Waals surface area contributed by atoms with Crippen LogP contribution in [-0.2, 0) is 0 Å². The Balaban J connectivity index is 1.93. The summed E-state index contributed by atoms with van der Waals surface area (Å²) in [6, 6.07) is 17.3. The minimum absolute atomic E-state index is 0.0106. The van der Waals surface area contributed by atoms with Crippen LogP contribution in [0.3, 0.4) is 0 Å². The van der Waals surface area contributed by atoms with Crippen LogP contribution in [0.4, 0.5) is 17.1 Å². The highest BCUT2D eigenvalue weighted by molar-refractivity contribution is 6.09. The molecule has 6 heteroatoms. The number of hydrogen-bond donors (Lipinski definition) is 3. The average Bonchev–Trinajstić information content (AvgIpc) is 2.63. The van der Waals surface area contributed by atoms with Crippen LogP contribution in [0.1, 0.15) is 20.7 Å². The molecule has 0 unspecified atom stereocenters. The second-order valence-corrected chi connectivity index (χ2v) is 5.22. The highest BCUT2D eigenvalue weighted by Gasteiger charge is 2.18. The van der Waals surface area contributed by atoms with Crippen molar-refractivity contribution < 1.29 is 14.7 Å². The highest BCUT2D eigenvalue weighted by Crippen LogP contribution is 2.27. The van der Waals surface area contributed by atoms with E-state index in [0.717, 1.165) is 5.69 Å². The summed E-state index contributed by atoms with van der Waals surface area (Å²) in [5.41, 5.74) is 1.69. The van der Waals surface area contributed by atoms with E-state index in [-0.39, 0.29) is 11.3 Å². The zero-order valence-corrected chi connectivity index (χ0v) is 13.1. The lowest BCUT2D eigenvalue weighted by Gasteiger charge is -2.14. The summed E-state index contributed by atoms with van der Waals surface area (Å²) in [6.45, 7) is 0. The molecule has 1 amide bonds. The first-order valence-electron chi connectivity index (χ1n) is 7.55. The molecule has 2 aromatic carbocycles. The first kappa shape index (κ1) is 16.2. The van der Waals surface area contributed by atoms with Gasteiger partial charge >= 0.3 is 5.97 Å². The smallest absolute Gasteiger partial charge is 0.339 e. The maximum absolute atomic E-state index is 12.3. The number of nitrogens with zero attached hydrogens (tertiary/aromatic N) is 1. The van der Waals surface area contributed by atoms with E-state index in [9.17, 15) is 14.7 Å². The third kappa shape index (κ3) is 3.81. The molecule has 0 atom stereocenters. The number of aromatic nitrogens is 1. The van der Waals surface area contributed by atoms with Gasteiger partial charge in [-0.3, -0.25) is 9.78 Å². The van der Waals surface area contributed by atoms with Gasteiger partial charge in [0.1, 0.15) is 5.56 Å². The van der Waals surface area contributed by atoms with Crippen LogP contribution in [-0.4, -0.2) is 22.0 Å². The van der Waals surface area contributed by atoms with Crippen LogP contribution in [0.2, 0.25) is 0 Å². The number of para-hydroxylation sites is 1. The zero-order valence-electron chi connectivity index (χ0n) is 13.1. The fraction of sp³-hybridized carbons (Fsp3) is 0. The second-order valence-electron chi connectivity index (χ2n) is 5.22. The predicted molar refractivity (Wildman–Crippen MR) is 95.3 cm³/mol. The molecule has 6 nitrogen and oxygen atoms in total. The van der Waals surface area contributed by atoms with Crippen molar-refractivity contribution in [1.82, 2.24) is 4.98 Å². The van der Waals surface area contributed by atoms with Crippen molar-refractivity contribution >= 4 is 28.9 Å². The van der Waals surface area contributed by atoms with Crippen molar-refractivity contribution in [3.8, 4) is 0 Å². The first-order valence-corrected chi connectivity index (χ1v) is 7.55. The van der Waals surface area contributed by atoms with Crippen LogP contribution in [0.15, 0.2) is 73.1 Å². The molecule has 3 aromatic rings. The largest absolute Gasteiger partial charge is 0.478 e. The lowest BCUT2D eigenvalue weighted by molar-refractivity contribution is 0.0699. The molecule has 0 aliphatic carbocycles. The number of amides is 1. The maximum atomic E-state index is 12.3. The highest BCUT2D eigenvalue weighted by atomic mass is 16.4. The molecule has 0 saturated heterocycles. The van der Waals surface area contributed by atoms with Crippen LogP contribution >= 0.6 is 0 Å². The van der Waals surface area contributed by atoms with Gasteiger partial charge in [-0.1, -0.05) is 24.3 Å². The predicted octanol–water partition coefficient (Wildman–Crippen LogP) is 3.78. The molecule has 0 fully saturated rings. The molecule has 0 bridgehead atoms. The number of rotatable bonds is 5. The molecular weight excluding hydrogens is 318 g/mol. The van der Waals surface area contributed by atoms with Gasteiger partial charge in [0.15, 0.2) is 0 Å². The first-order chi connectivity index (χ1) is 12.1. The molecule has 25 heavy (non-hydrogen) atoms. The average molecular weight is 333 g/mol. The molecule has 124 valence electrons. The minimum Gasteiger partial charge on any atom is -0.478 e. The third-order valence-electron chi connectivity index (χ3n) is 3.50. The summed E-state index contributed by atoms with van der Waals surface area (Å²) < 4.78 is 0. The van der Waals surface area contributed by atoms with Gasteiger partial charge in [-0.15, -0.1) is 0 Å². The van der Waals surface area contributed by atoms with Gasteiger partial charge in [-0.2, -0.15) is 0 Å². The van der Waals surface area contributed by atoms with E-state index >= 15 is 0 Å². The lowest BCUT2D eigenvalue weighted by atomic mass is 10.1. The number of nitrogens with one attached hydrogen (secondary N) is 2. The second kappa shape index (κ2) is 7.27. The number of carboxylic acids is 1. The molecule has 0 spiro atoms. The molecule has 0 aliphatic heterocycles. The zero-order chi connectivity index (χ0) is 17.6. The van der Waals surface area contributed by atoms with Gasteiger partial charge < -0.3 is 15.7 Å². The molecular formula is C19H15N3O3. The number of benzene rings is 2. The Kier molecular flexibility index (Phi) is 4.71. The Labute approximate surface area is 144 Å². The molecule has 0 saturated carbocycles. The summed E-state index contributed by atoms with van der Waals surface area (Å²) in [5, 5.41) is 15.3. The Morgan fingerprint density at radius 2 is 1.64 bits per heavy atom. The maximum Gasteiger partial charge on any atom is 0.339 e. The number of hydrogen-bond acceptors (Lipinski definition) is 4. The van der Waals surface area contributed by atoms with Crippen molar-refractivity contribution in [2.24, 2.45) is 0 Å². The number of carbonyl (C=O) groups is 2. The molecule has 3 rings (SSSR count). The standard InChI is InChI=1S/C19H15N3O3/c23-18(13-6-5-11-20-12-13)22-16-10-4-9-15(17(16)19(24)25)21-14-7-2-1-3-8-14/h1-12,21H,(H,22,23)(H,24,25). The third-order valence-corrected chi connectivity index (χ3v) is 3.50. The molecule has 0 radical (unpaired) electrons. The summed E-state index contributed by atoms with van der Waals surface area (Å²) in [4.78, 5) is 27.9. The van der Waals surface area contributed by atoms with Crippen LogP contribution in [0.5, 0.6) is 0 Å². The van der Waals surface area contributed by atoms with Gasteiger partial charge in [0.2, 0.25) is 0 Å². The van der Waals surface area contributed by atoms with Crippen LogP contribution in [0, 0.1) is 0 Å². The number of pyridine rings is 1. The summed E-state index contributed by atoms with van der Waals surface area (Å²) in [7, 11) is 0. The van der Waals surface area contributed by atoms with E-state index in [1.165, 1.54) is 6.20 Å². The van der Waals surface area contributed by atoms with E-state index in [4.69, 9.17) is 0 Å². The van der Waals surface area contributed by atoms with Gasteiger partial charge in [-0.05, 0) is 36.4 Å². The Hall–Kier alpha value is -3.67. The van der Waals surface area contributed by atoms with Gasteiger partial charge in [0.05, 0.1) is 16.9 Å².